The van der Waals surface area contributed by atoms with E-state index >= 15 is 0 Å². The van der Waals surface area contributed by atoms with Gasteiger partial charge < -0.3 is 10.2 Å². The van der Waals surface area contributed by atoms with Gasteiger partial charge >= 0.3 is 0 Å². The molecule has 0 unspecified atom stereocenters. The molecule has 2 aromatic rings. The van der Waals surface area contributed by atoms with E-state index < -0.39 is 0 Å². The smallest absolute Gasteiger partial charge is 0.253 e. The van der Waals surface area contributed by atoms with E-state index in [2.05, 4.69) is 5.32 Å². The van der Waals surface area contributed by atoms with Crippen LogP contribution in [0.3, 0.4) is 0 Å². The number of nitrogens with zero attached hydrogens (tertiary/aromatic N) is 2. The van der Waals surface area contributed by atoms with E-state index in [0.29, 0.717) is 30.9 Å². The Morgan fingerprint density at radius 1 is 1.04 bits per heavy atom. The van der Waals surface area contributed by atoms with Crippen LogP contribution in [0.25, 0.3) is 0 Å². The molecule has 0 aliphatic heterocycles. The first-order chi connectivity index (χ1) is 12.9. The fourth-order valence-corrected chi connectivity index (χ4v) is 2.87. The van der Waals surface area contributed by atoms with E-state index in [-0.39, 0.29) is 24.2 Å². The molecule has 0 fully saturated rings. The van der Waals surface area contributed by atoms with E-state index in [9.17, 15) is 14.0 Å². The van der Waals surface area contributed by atoms with Gasteiger partial charge in [0.25, 0.3) is 5.91 Å². The Balaban J connectivity index is 1.95. The van der Waals surface area contributed by atoms with Crippen LogP contribution in [0, 0.1) is 5.82 Å². The summed E-state index contributed by atoms with van der Waals surface area (Å²) in [5.41, 5.74) is 1.93. The summed E-state index contributed by atoms with van der Waals surface area (Å²) in [5, 5.41) is 2.81. The van der Waals surface area contributed by atoms with Crippen LogP contribution in [0.15, 0.2) is 48.5 Å². The van der Waals surface area contributed by atoms with Crippen LogP contribution in [0.5, 0.6) is 0 Å². The van der Waals surface area contributed by atoms with Crippen LogP contribution in [-0.4, -0.2) is 48.3 Å². The first-order valence-corrected chi connectivity index (χ1v) is 9.05. The molecule has 5 nitrogen and oxygen atoms in total. The molecule has 1 N–H and O–H groups in total. The van der Waals surface area contributed by atoms with Crippen LogP contribution in [-0.2, 0) is 11.3 Å². The number of benzene rings is 2. The molecular formula is C21H26FN3O2. The number of hydrogen-bond donors (Lipinski definition) is 1. The Labute approximate surface area is 159 Å². The minimum atomic E-state index is -0.292. The topological polar surface area (TPSA) is 52.7 Å². The number of nitrogens with one attached hydrogen (secondary N) is 1. The molecule has 0 spiro atoms. The molecule has 144 valence electrons. The van der Waals surface area contributed by atoms with Gasteiger partial charge in [0.1, 0.15) is 5.82 Å². The van der Waals surface area contributed by atoms with E-state index in [1.807, 2.05) is 19.9 Å². The Bertz CT molecular complexity index is 791. The maximum atomic E-state index is 13.2. The molecular weight excluding hydrogens is 345 g/mol. The third-order valence-electron chi connectivity index (χ3n) is 4.20. The highest BCUT2D eigenvalue weighted by Gasteiger charge is 2.14. The molecule has 2 rings (SSSR count). The standard InChI is InChI=1S/C21H26FN3O2/c1-4-25(5-2)21(27)17-9-7-11-19(13-17)23-20(26)15-24(3)14-16-8-6-10-18(22)12-16/h6-13H,4-5,14-15H2,1-3H3,(H,23,26). The molecule has 0 aliphatic carbocycles. The highest BCUT2D eigenvalue weighted by molar-refractivity contribution is 5.97. The van der Waals surface area contributed by atoms with Crippen molar-refractivity contribution in [1.29, 1.82) is 0 Å². The zero-order chi connectivity index (χ0) is 19.8. The van der Waals surface area contributed by atoms with Gasteiger partial charge in [-0.3, -0.25) is 14.5 Å². The summed E-state index contributed by atoms with van der Waals surface area (Å²) in [7, 11) is 1.80. The molecule has 27 heavy (non-hydrogen) atoms. The SMILES string of the molecule is CCN(CC)C(=O)c1cccc(NC(=O)CN(C)Cc2cccc(F)c2)c1. The van der Waals surface area contributed by atoms with Gasteiger partial charge in [0, 0.05) is 30.9 Å². The second kappa shape index (κ2) is 9.83. The van der Waals surface area contributed by atoms with Crippen LogP contribution in [0.4, 0.5) is 10.1 Å². The average Bonchev–Trinajstić information content (AvgIpc) is 2.62. The summed E-state index contributed by atoms with van der Waals surface area (Å²) in [6.07, 6.45) is 0. The van der Waals surface area contributed by atoms with Gasteiger partial charge in [-0.1, -0.05) is 18.2 Å². The van der Waals surface area contributed by atoms with Crippen molar-refractivity contribution in [3.63, 3.8) is 0 Å². The summed E-state index contributed by atoms with van der Waals surface area (Å²) in [6, 6.07) is 13.2. The minimum Gasteiger partial charge on any atom is -0.339 e. The molecule has 0 aromatic heterocycles. The monoisotopic (exact) mass is 371 g/mol. The first kappa shape index (κ1) is 20.6. The zero-order valence-electron chi connectivity index (χ0n) is 16.0. The summed E-state index contributed by atoms with van der Waals surface area (Å²) in [4.78, 5) is 28.2. The molecule has 0 saturated heterocycles. The second-order valence-electron chi connectivity index (χ2n) is 6.41. The fourth-order valence-electron chi connectivity index (χ4n) is 2.87. The predicted octanol–water partition coefficient (Wildman–Crippen LogP) is 3.38. The lowest BCUT2D eigenvalue weighted by Gasteiger charge is -2.19. The molecule has 2 aromatic carbocycles. The molecule has 0 bridgehead atoms. The number of likely N-dealkylation sites (N-methyl/N-ethyl adjacent to an activating group) is 1. The Morgan fingerprint density at radius 2 is 1.74 bits per heavy atom. The minimum absolute atomic E-state index is 0.0562. The summed E-state index contributed by atoms with van der Waals surface area (Å²) < 4.78 is 13.2. The lowest BCUT2D eigenvalue weighted by atomic mass is 10.1. The maximum Gasteiger partial charge on any atom is 0.253 e. The molecule has 0 aliphatic rings. The van der Waals surface area contributed by atoms with Crippen molar-refractivity contribution in [2.45, 2.75) is 20.4 Å². The number of halogens is 1. The third-order valence-corrected chi connectivity index (χ3v) is 4.20. The maximum absolute atomic E-state index is 13.2. The predicted molar refractivity (Wildman–Crippen MR) is 105 cm³/mol. The van der Waals surface area contributed by atoms with Crippen molar-refractivity contribution in [3.8, 4) is 0 Å². The van der Waals surface area contributed by atoms with E-state index in [0.717, 1.165) is 5.56 Å². The number of rotatable bonds is 8. The average molecular weight is 371 g/mol. The Hall–Kier alpha value is -2.73. The van der Waals surface area contributed by atoms with Crippen molar-refractivity contribution >= 4 is 17.5 Å². The largest absolute Gasteiger partial charge is 0.339 e. The number of hydrogen-bond acceptors (Lipinski definition) is 3. The van der Waals surface area contributed by atoms with E-state index in [4.69, 9.17) is 0 Å². The van der Waals surface area contributed by atoms with Crippen LogP contribution in [0.2, 0.25) is 0 Å². The molecule has 2 amide bonds. The molecule has 0 saturated carbocycles. The van der Waals surface area contributed by atoms with Crippen molar-refractivity contribution in [2.75, 3.05) is 32.0 Å². The lowest BCUT2D eigenvalue weighted by molar-refractivity contribution is -0.117. The van der Waals surface area contributed by atoms with E-state index in [1.54, 1.807) is 47.2 Å². The van der Waals surface area contributed by atoms with Gasteiger partial charge in [0.15, 0.2) is 0 Å². The fraction of sp³-hybridized carbons (Fsp3) is 0.333. The van der Waals surface area contributed by atoms with Crippen LogP contribution in [0.1, 0.15) is 29.8 Å². The van der Waals surface area contributed by atoms with Crippen molar-refractivity contribution in [2.24, 2.45) is 0 Å². The van der Waals surface area contributed by atoms with Crippen LogP contribution < -0.4 is 5.32 Å². The third kappa shape index (κ3) is 6.18. The normalized spacial score (nSPS) is 10.7. The highest BCUT2D eigenvalue weighted by atomic mass is 19.1. The van der Waals surface area contributed by atoms with Gasteiger partial charge in [0.05, 0.1) is 6.54 Å². The van der Waals surface area contributed by atoms with E-state index in [1.165, 1.54) is 12.1 Å². The van der Waals surface area contributed by atoms with Crippen LogP contribution >= 0.6 is 0 Å². The van der Waals surface area contributed by atoms with Crippen molar-refractivity contribution in [3.05, 3.63) is 65.5 Å². The first-order valence-electron chi connectivity index (χ1n) is 9.05. The summed E-state index contributed by atoms with van der Waals surface area (Å²) in [6.45, 7) is 5.76. The highest BCUT2D eigenvalue weighted by Crippen LogP contribution is 2.13. The number of carbonyl (C=O) groups is 2. The molecule has 0 heterocycles. The van der Waals surface area contributed by atoms with Gasteiger partial charge in [-0.2, -0.15) is 0 Å². The summed E-state index contributed by atoms with van der Waals surface area (Å²) in [5.74, 6) is -0.541. The number of anilines is 1. The Kier molecular flexibility index (Phi) is 7.49. The Morgan fingerprint density at radius 3 is 2.41 bits per heavy atom. The van der Waals surface area contributed by atoms with Gasteiger partial charge in [0.2, 0.25) is 5.91 Å². The summed E-state index contributed by atoms with van der Waals surface area (Å²) >= 11 is 0. The van der Waals surface area contributed by atoms with Gasteiger partial charge in [-0.15, -0.1) is 0 Å². The van der Waals surface area contributed by atoms with Crippen molar-refractivity contribution in [1.82, 2.24) is 9.80 Å². The zero-order valence-corrected chi connectivity index (χ0v) is 16.0. The van der Waals surface area contributed by atoms with Crippen molar-refractivity contribution < 1.29 is 14.0 Å². The van der Waals surface area contributed by atoms with Gasteiger partial charge in [-0.05, 0) is 56.8 Å². The molecule has 0 radical (unpaired) electrons. The quantitative estimate of drug-likeness (QED) is 0.774. The molecule has 6 heteroatoms. The van der Waals surface area contributed by atoms with Gasteiger partial charge in [-0.25, -0.2) is 4.39 Å². The number of amides is 2. The number of carbonyl (C=O) groups excluding carboxylic acids is 2. The lowest BCUT2D eigenvalue weighted by Crippen LogP contribution is -2.31. The molecule has 0 atom stereocenters. The second-order valence-corrected chi connectivity index (χ2v) is 6.41.